The number of hydrogen-bond donors (Lipinski definition) is 0. The van der Waals surface area contributed by atoms with Crippen molar-refractivity contribution in [3.8, 4) is 46.2 Å². The number of nitriles is 2. The van der Waals surface area contributed by atoms with Gasteiger partial charge in [0.05, 0.1) is 7.11 Å². The highest BCUT2D eigenvalue weighted by Gasteiger charge is 2.46. The average Bonchev–Trinajstić information content (AvgIpc) is 3.48. The van der Waals surface area contributed by atoms with Gasteiger partial charge in [0.1, 0.15) is 23.6 Å². The highest BCUT2D eigenvalue weighted by atomic mass is 16.5. The molecule has 0 N–H and O–H groups in total. The monoisotopic (exact) mass is 637 g/mol. The molecule has 0 saturated heterocycles. The molecule has 0 fully saturated rings. The predicted octanol–water partition coefficient (Wildman–Crippen LogP) is 8.88. The van der Waals surface area contributed by atoms with E-state index in [1.807, 2.05) is 60.7 Å². The number of nitrogens with zero attached hydrogens (tertiary/aromatic N) is 5. The van der Waals surface area contributed by atoms with Crippen LogP contribution in [0.15, 0.2) is 103 Å². The molecular weight excluding hydrogens is 606 g/mol. The summed E-state index contributed by atoms with van der Waals surface area (Å²) in [6.07, 6.45) is 6.37. The number of methoxy groups -OCH3 is 1. The Morgan fingerprint density at radius 3 is 1.98 bits per heavy atom. The van der Waals surface area contributed by atoms with Crippen molar-refractivity contribution in [1.29, 1.82) is 10.5 Å². The molecule has 7 heteroatoms. The molecule has 1 aliphatic carbocycles. The van der Waals surface area contributed by atoms with E-state index >= 15 is 0 Å². The summed E-state index contributed by atoms with van der Waals surface area (Å²) in [4.78, 5) is 12.4. The molecule has 1 aliphatic heterocycles. The molecule has 236 valence electrons. The van der Waals surface area contributed by atoms with E-state index in [1.54, 1.807) is 7.11 Å². The lowest BCUT2D eigenvalue weighted by atomic mass is 9.71. The number of rotatable bonds is 6. The minimum absolute atomic E-state index is 0.104. The second-order valence-corrected chi connectivity index (χ2v) is 12.4. The smallest absolute Gasteiger partial charge is 0.236 e. The SMILES string of the molecule is CCC1(CC)c2ccccc2-c2c1c1c(c3ccccc23)OC(c2ccc(OC)cc2)(c2ccc(-c3nc(C#N)nc(C#N)n3)cc2)C=C1. The molecule has 0 spiro atoms. The second-order valence-electron chi connectivity index (χ2n) is 12.4. The van der Waals surface area contributed by atoms with Crippen molar-refractivity contribution < 1.29 is 9.47 Å². The molecule has 5 aromatic carbocycles. The van der Waals surface area contributed by atoms with Gasteiger partial charge < -0.3 is 9.47 Å². The minimum atomic E-state index is -0.990. The number of aromatic nitrogens is 3. The van der Waals surface area contributed by atoms with Crippen LogP contribution >= 0.6 is 0 Å². The highest BCUT2D eigenvalue weighted by molar-refractivity contribution is 6.08. The molecule has 0 saturated carbocycles. The lowest BCUT2D eigenvalue weighted by Gasteiger charge is -2.39. The van der Waals surface area contributed by atoms with Crippen LogP contribution in [0.2, 0.25) is 0 Å². The summed E-state index contributed by atoms with van der Waals surface area (Å²) in [5.41, 5.74) is 7.77. The third-order valence-electron chi connectivity index (χ3n) is 10.3. The summed E-state index contributed by atoms with van der Waals surface area (Å²) >= 11 is 0. The third kappa shape index (κ3) is 4.36. The first-order valence-electron chi connectivity index (χ1n) is 16.4. The Bertz CT molecular complexity index is 2370. The minimum Gasteiger partial charge on any atom is -0.497 e. The van der Waals surface area contributed by atoms with Gasteiger partial charge >= 0.3 is 0 Å². The van der Waals surface area contributed by atoms with Crippen LogP contribution < -0.4 is 9.47 Å². The predicted molar refractivity (Wildman–Crippen MR) is 189 cm³/mol. The van der Waals surface area contributed by atoms with Gasteiger partial charge in [0.15, 0.2) is 11.4 Å². The number of hydrogen-bond acceptors (Lipinski definition) is 7. The summed E-state index contributed by atoms with van der Waals surface area (Å²) in [5.74, 6) is 1.66. The van der Waals surface area contributed by atoms with E-state index in [9.17, 15) is 10.5 Å². The first-order valence-corrected chi connectivity index (χ1v) is 16.4. The van der Waals surface area contributed by atoms with Crippen molar-refractivity contribution in [2.45, 2.75) is 37.7 Å². The molecular formula is C42H31N5O2. The molecule has 0 radical (unpaired) electrons. The standard InChI is InChI=1S/C42H31N5O2/c1-4-41(5-2)34-13-9-8-12-32(34)37-30-10-6-7-11-31(30)39-33(38(37)41)22-23-42(49-39,28-18-20-29(48-3)21-19-28)27-16-14-26(15-17-27)40-46-35(24-43)45-36(25-44)47-40/h6-23H,4-5H2,1-3H3. The Labute approximate surface area is 284 Å². The van der Waals surface area contributed by atoms with Crippen molar-refractivity contribution in [1.82, 2.24) is 15.0 Å². The van der Waals surface area contributed by atoms with Crippen LogP contribution in [0.4, 0.5) is 0 Å². The Morgan fingerprint density at radius 1 is 0.735 bits per heavy atom. The average molecular weight is 638 g/mol. The van der Waals surface area contributed by atoms with Crippen LogP contribution in [0.25, 0.3) is 39.4 Å². The summed E-state index contributed by atoms with van der Waals surface area (Å²) in [7, 11) is 1.66. The van der Waals surface area contributed by atoms with E-state index in [0.717, 1.165) is 46.4 Å². The molecule has 7 nitrogen and oxygen atoms in total. The Hall–Kier alpha value is -6.31. The van der Waals surface area contributed by atoms with Gasteiger partial charge in [0, 0.05) is 33.1 Å². The zero-order valence-electron chi connectivity index (χ0n) is 27.4. The van der Waals surface area contributed by atoms with Gasteiger partial charge in [-0.1, -0.05) is 105 Å². The van der Waals surface area contributed by atoms with Crippen LogP contribution in [-0.4, -0.2) is 22.1 Å². The second kappa shape index (κ2) is 11.4. The molecule has 49 heavy (non-hydrogen) atoms. The van der Waals surface area contributed by atoms with E-state index in [-0.39, 0.29) is 22.9 Å². The van der Waals surface area contributed by atoms with Gasteiger partial charge in [0.25, 0.3) is 0 Å². The highest BCUT2D eigenvalue weighted by Crippen LogP contribution is 2.60. The third-order valence-corrected chi connectivity index (χ3v) is 10.3. The van der Waals surface area contributed by atoms with Gasteiger partial charge in [-0.25, -0.2) is 0 Å². The van der Waals surface area contributed by atoms with E-state index in [2.05, 4.69) is 89.5 Å². The Kier molecular flexibility index (Phi) is 7.01. The zero-order valence-corrected chi connectivity index (χ0v) is 27.4. The summed E-state index contributed by atoms with van der Waals surface area (Å²) in [6, 6.07) is 37.0. The van der Waals surface area contributed by atoms with Crippen LogP contribution in [-0.2, 0) is 11.0 Å². The quantitative estimate of drug-likeness (QED) is 0.180. The van der Waals surface area contributed by atoms with Crippen LogP contribution in [0.5, 0.6) is 11.5 Å². The maximum atomic E-state index is 9.42. The van der Waals surface area contributed by atoms with Crippen molar-refractivity contribution in [3.05, 3.63) is 143 Å². The van der Waals surface area contributed by atoms with Gasteiger partial charge in [-0.15, -0.1) is 0 Å². The molecule has 6 aromatic rings. The van der Waals surface area contributed by atoms with Gasteiger partial charge in [-0.05, 0) is 58.7 Å². The first kappa shape index (κ1) is 30.1. The number of ether oxygens (including phenoxy) is 2. The molecule has 1 aromatic heterocycles. The fourth-order valence-corrected chi connectivity index (χ4v) is 7.89. The van der Waals surface area contributed by atoms with Crippen molar-refractivity contribution in [2.24, 2.45) is 0 Å². The Morgan fingerprint density at radius 2 is 1.35 bits per heavy atom. The van der Waals surface area contributed by atoms with Gasteiger partial charge in [0.2, 0.25) is 11.6 Å². The lowest BCUT2D eigenvalue weighted by molar-refractivity contribution is 0.163. The fourth-order valence-electron chi connectivity index (χ4n) is 7.89. The summed E-state index contributed by atoms with van der Waals surface area (Å²) in [5, 5.41) is 21.1. The topological polar surface area (TPSA) is 105 Å². The molecule has 0 bridgehead atoms. The van der Waals surface area contributed by atoms with Crippen molar-refractivity contribution in [3.63, 3.8) is 0 Å². The normalized spacial score (nSPS) is 16.5. The lowest BCUT2D eigenvalue weighted by Crippen LogP contribution is -2.35. The molecule has 0 amide bonds. The van der Waals surface area contributed by atoms with Crippen LogP contribution in [0.1, 0.15) is 66.2 Å². The van der Waals surface area contributed by atoms with Gasteiger partial charge in [-0.2, -0.15) is 25.5 Å². The van der Waals surface area contributed by atoms with Crippen LogP contribution in [0.3, 0.4) is 0 Å². The number of benzene rings is 5. The zero-order chi connectivity index (χ0) is 33.8. The first-order chi connectivity index (χ1) is 24.0. The Balaban J connectivity index is 1.36. The van der Waals surface area contributed by atoms with Crippen molar-refractivity contribution >= 4 is 16.8 Å². The molecule has 2 heterocycles. The van der Waals surface area contributed by atoms with E-state index in [4.69, 9.17) is 9.47 Å². The van der Waals surface area contributed by atoms with E-state index in [0.29, 0.717) is 5.56 Å². The van der Waals surface area contributed by atoms with Crippen molar-refractivity contribution in [2.75, 3.05) is 7.11 Å². The van der Waals surface area contributed by atoms with E-state index < -0.39 is 5.60 Å². The summed E-state index contributed by atoms with van der Waals surface area (Å²) in [6.45, 7) is 4.58. The van der Waals surface area contributed by atoms with Crippen LogP contribution in [0, 0.1) is 22.7 Å². The number of fused-ring (bicyclic) bond motifs is 8. The molecule has 1 atom stereocenters. The maximum Gasteiger partial charge on any atom is 0.236 e. The van der Waals surface area contributed by atoms with E-state index in [1.165, 1.54) is 27.6 Å². The molecule has 8 rings (SSSR count). The van der Waals surface area contributed by atoms with Gasteiger partial charge in [-0.3, -0.25) is 0 Å². The fraction of sp³-hybridized carbons (Fsp3) is 0.167. The summed E-state index contributed by atoms with van der Waals surface area (Å²) < 4.78 is 13.0. The molecule has 1 unspecified atom stereocenters. The largest absolute Gasteiger partial charge is 0.497 e. The molecule has 2 aliphatic rings. The maximum absolute atomic E-state index is 9.42.